The van der Waals surface area contributed by atoms with Crippen molar-refractivity contribution in [3.63, 3.8) is 0 Å². The van der Waals surface area contributed by atoms with Crippen LogP contribution in [0.3, 0.4) is 0 Å². The van der Waals surface area contributed by atoms with E-state index in [9.17, 15) is 9.59 Å². The molecule has 6 heteroatoms. The normalized spacial score (nSPS) is 13.0. The van der Waals surface area contributed by atoms with Crippen molar-refractivity contribution < 1.29 is 14.3 Å². The van der Waals surface area contributed by atoms with Crippen LogP contribution < -0.4 is 15.6 Å². The molecule has 28 heavy (non-hydrogen) atoms. The van der Waals surface area contributed by atoms with Gasteiger partial charge in [-0.2, -0.15) is 0 Å². The van der Waals surface area contributed by atoms with Crippen LogP contribution >= 0.6 is 0 Å². The number of ether oxygens (including phenoxy) is 2. The summed E-state index contributed by atoms with van der Waals surface area (Å²) in [4.78, 5) is 24.5. The second kappa shape index (κ2) is 9.24. The van der Waals surface area contributed by atoms with E-state index in [1.165, 1.54) is 4.57 Å². The Labute approximate surface area is 166 Å². The fourth-order valence-corrected chi connectivity index (χ4v) is 2.80. The molecule has 2 rings (SSSR count). The van der Waals surface area contributed by atoms with Crippen LogP contribution in [0.2, 0.25) is 0 Å². The average Bonchev–Trinajstić information content (AvgIpc) is 2.59. The highest BCUT2D eigenvalue weighted by atomic mass is 16.6. The third-order valence-electron chi connectivity index (χ3n) is 4.21. The van der Waals surface area contributed by atoms with Gasteiger partial charge in [-0.25, -0.2) is 0 Å². The molecule has 1 unspecified atom stereocenters. The molecule has 1 aromatic heterocycles. The van der Waals surface area contributed by atoms with Gasteiger partial charge in [0.25, 0.3) is 5.56 Å². The SMILES string of the molecule is CC(C)CC(=O)OC(CNC(C)(C)C)COc1cn(C)c(=O)c2ccccc12. The van der Waals surface area contributed by atoms with Crippen LogP contribution in [0.25, 0.3) is 10.8 Å². The summed E-state index contributed by atoms with van der Waals surface area (Å²) in [6.07, 6.45) is 1.62. The third-order valence-corrected chi connectivity index (χ3v) is 4.21. The Hall–Kier alpha value is -2.34. The molecule has 1 aromatic carbocycles. The summed E-state index contributed by atoms with van der Waals surface area (Å²) in [6.45, 7) is 10.8. The lowest BCUT2D eigenvalue weighted by Gasteiger charge is -2.26. The number of pyridine rings is 1. The van der Waals surface area contributed by atoms with Crippen LogP contribution in [-0.2, 0) is 16.6 Å². The van der Waals surface area contributed by atoms with Crippen molar-refractivity contribution in [3.8, 4) is 5.75 Å². The van der Waals surface area contributed by atoms with Crippen LogP contribution in [0.4, 0.5) is 0 Å². The molecule has 0 bridgehead atoms. The molecule has 0 fully saturated rings. The zero-order valence-corrected chi connectivity index (χ0v) is 17.7. The monoisotopic (exact) mass is 388 g/mol. The Morgan fingerprint density at radius 3 is 2.43 bits per heavy atom. The van der Waals surface area contributed by atoms with Gasteiger partial charge in [0.1, 0.15) is 18.5 Å². The van der Waals surface area contributed by atoms with Crippen molar-refractivity contribution in [3.05, 3.63) is 40.8 Å². The van der Waals surface area contributed by atoms with Gasteiger partial charge in [-0.3, -0.25) is 9.59 Å². The number of fused-ring (bicyclic) bond motifs is 1. The number of carbonyl (C=O) groups excluding carboxylic acids is 1. The molecule has 1 atom stereocenters. The van der Waals surface area contributed by atoms with E-state index in [1.807, 2.05) is 32.0 Å². The quantitative estimate of drug-likeness (QED) is 0.703. The predicted octanol–water partition coefficient (Wildman–Crippen LogP) is 3.26. The maximum atomic E-state index is 12.3. The van der Waals surface area contributed by atoms with E-state index in [0.29, 0.717) is 24.1 Å². The van der Waals surface area contributed by atoms with Gasteiger partial charge >= 0.3 is 5.97 Å². The topological polar surface area (TPSA) is 69.6 Å². The zero-order chi connectivity index (χ0) is 20.9. The number of nitrogens with one attached hydrogen (secondary N) is 1. The van der Waals surface area contributed by atoms with Crippen LogP contribution in [0.15, 0.2) is 35.3 Å². The number of nitrogens with zero attached hydrogens (tertiary/aromatic N) is 1. The van der Waals surface area contributed by atoms with Crippen molar-refractivity contribution >= 4 is 16.7 Å². The molecule has 1 heterocycles. The molecule has 0 saturated carbocycles. The standard InChI is InChI=1S/C22H32N2O4/c1-15(2)11-20(25)28-16(12-23-22(3,4)5)14-27-19-13-24(6)21(26)18-10-8-7-9-17(18)19/h7-10,13,15-16,23H,11-12,14H2,1-6H3. The summed E-state index contributed by atoms with van der Waals surface area (Å²) in [5.41, 5.74) is -0.177. The first-order valence-corrected chi connectivity index (χ1v) is 9.72. The first kappa shape index (κ1) is 22.0. The first-order valence-electron chi connectivity index (χ1n) is 9.72. The smallest absolute Gasteiger partial charge is 0.306 e. The van der Waals surface area contributed by atoms with Crippen molar-refractivity contribution in [2.75, 3.05) is 13.2 Å². The Morgan fingerprint density at radius 1 is 1.18 bits per heavy atom. The molecular formula is C22H32N2O4. The molecule has 1 N–H and O–H groups in total. The first-order chi connectivity index (χ1) is 13.1. The lowest BCUT2D eigenvalue weighted by atomic mass is 10.1. The fraction of sp³-hybridized carbons (Fsp3) is 0.545. The molecule has 154 valence electrons. The maximum Gasteiger partial charge on any atom is 0.306 e. The van der Waals surface area contributed by atoms with E-state index in [1.54, 1.807) is 19.3 Å². The largest absolute Gasteiger partial charge is 0.487 e. The summed E-state index contributed by atoms with van der Waals surface area (Å²) in [6, 6.07) is 7.35. The minimum absolute atomic E-state index is 0.0720. The summed E-state index contributed by atoms with van der Waals surface area (Å²) in [5, 5.41) is 4.71. The van der Waals surface area contributed by atoms with Crippen LogP contribution in [0, 0.1) is 5.92 Å². The maximum absolute atomic E-state index is 12.3. The number of carbonyl (C=O) groups is 1. The Balaban J connectivity index is 2.18. The van der Waals surface area contributed by atoms with Crippen LogP contribution in [0.1, 0.15) is 41.0 Å². The second-order valence-corrected chi connectivity index (χ2v) is 8.61. The van der Waals surface area contributed by atoms with Crippen molar-refractivity contribution in [1.29, 1.82) is 0 Å². The zero-order valence-electron chi connectivity index (χ0n) is 17.7. The number of rotatable bonds is 8. The molecule has 0 spiro atoms. The molecule has 6 nitrogen and oxygen atoms in total. The minimum atomic E-state index is -0.429. The molecule has 0 amide bonds. The summed E-state index contributed by atoms with van der Waals surface area (Å²) in [7, 11) is 1.70. The van der Waals surface area contributed by atoms with Crippen LogP contribution in [-0.4, -0.2) is 35.3 Å². The average molecular weight is 389 g/mol. The predicted molar refractivity (Wildman–Crippen MR) is 112 cm³/mol. The van der Waals surface area contributed by atoms with Crippen molar-refractivity contribution in [2.24, 2.45) is 13.0 Å². The number of aromatic nitrogens is 1. The van der Waals surface area contributed by atoms with Crippen molar-refractivity contribution in [1.82, 2.24) is 9.88 Å². The lowest BCUT2D eigenvalue weighted by Crippen LogP contribution is -2.44. The third kappa shape index (κ3) is 6.37. The second-order valence-electron chi connectivity index (χ2n) is 8.61. The molecule has 2 aromatic rings. The Morgan fingerprint density at radius 2 is 1.82 bits per heavy atom. The van der Waals surface area contributed by atoms with E-state index < -0.39 is 6.10 Å². The van der Waals surface area contributed by atoms with E-state index in [4.69, 9.17) is 9.47 Å². The van der Waals surface area contributed by atoms with Gasteiger partial charge in [0, 0.05) is 37.1 Å². The molecule has 0 aliphatic rings. The number of aryl methyl sites for hydroxylation is 1. The highest BCUT2D eigenvalue weighted by molar-refractivity contribution is 5.87. The molecule has 0 aliphatic carbocycles. The highest BCUT2D eigenvalue weighted by Gasteiger charge is 2.20. The van der Waals surface area contributed by atoms with Crippen LogP contribution in [0.5, 0.6) is 5.75 Å². The minimum Gasteiger partial charge on any atom is -0.487 e. The van der Waals surface area contributed by atoms with Gasteiger partial charge in [0.05, 0.1) is 5.39 Å². The lowest BCUT2D eigenvalue weighted by molar-refractivity contribution is -0.151. The molecule has 0 saturated heterocycles. The number of benzene rings is 1. The van der Waals surface area contributed by atoms with E-state index in [-0.39, 0.29) is 29.6 Å². The molecule has 0 radical (unpaired) electrons. The number of esters is 1. The van der Waals surface area contributed by atoms with E-state index in [0.717, 1.165) is 5.39 Å². The van der Waals surface area contributed by atoms with Gasteiger partial charge in [-0.15, -0.1) is 0 Å². The van der Waals surface area contributed by atoms with Crippen molar-refractivity contribution in [2.45, 2.75) is 52.7 Å². The van der Waals surface area contributed by atoms with Gasteiger partial charge in [0.2, 0.25) is 0 Å². The highest BCUT2D eigenvalue weighted by Crippen LogP contribution is 2.22. The van der Waals surface area contributed by atoms with Gasteiger partial charge < -0.3 is 19.4 Å². The van der Waals surface area contributed by atoms with Gasteiger partial charge in [-0.1, -0.05) is 32.0 Å². The number of hydrogen-bond acceptors (Lipinski definition) is 5. The fourth-order valence-electron chi connectivity index (χ4n) is 2.80. The molecular weight excluding hydrogens is 356 g/mol. The Kier molecular flexibility index (Phi) is 7.24. The summed E-state index contributed by atoms with van der Waals surface area (Å²) < 4.78 is 13.2. The molecule has 0 aliphatic heterocycles. The van der Waals surface area contributed by atoms with Gasteiger partial charge in [-0.05, 0) is 32.8 Å². The van der Waals surface area contributed by atoms with Gasteiger partial charge in [0.15, 0.2) is 0 Å². The Bertz CT molecular complexity index is 865. The summed E-state index contributed by atoms with van der Waals surface area (Å²) in [5.74, 6) is 0.597. The number of hydrogen-bond donors (Lipinski definition) is 1. The van der Waals surface area contributed by atoms with E-state index in [2.05, 4.69) is 26.1 Å². The van der Waals surface area contributed by atoms with E-state index >= 15 is 0 Å². The summed E-state index contributed by atoms with van der Waals surface area (Å²) >= 11 is 0.